The molecule has 0 N–H and O–H groups in total. The summed E-state index contributed by atoms with van der Waals surface area (Å²) >= 11 is 0. The molecule has 0 unspecified atom stereocenters. The molecule has 5 nitrogen and oxygen atoms in total. The van der Waals surface area contributed by atoms with Crippen LogP contribution < -0.4 is 4.74 Å². The van der Waals surface area contributed by atoms with E-state index in [2.05, 4.69) is 0 Å². The number of hydrogen-bond acceptors (Lipinski definition) is 4. The lowest BCUT2D eigenvalue weighted by Gasteiger charge is -2.23. The number of halogens is 1. The standard InChI is InChI=1S/C19H20FNO4/c1-3-25-17(22)13-21(12-14-8-5-4-6-9-14)19(23)18-15(20)10-7-11-16(18)24-2/h4-11H,3,12-13H2,1-2H3. The third kappa shape index (κ3) is 4.79. The van der Waals surface area contributed by atoms with Gasteiger partial charge in [0.25, 0.3) is 5.91 Å². The number of rotatable bonds is 7. The van der Waals surface area contributed by atoms with E-state index in [1.807, 2.05) is 30.3 Å². The smallest absolute Gasteiger partial charge is 0.325 e. The third-order valence-corrected chi connectivity index (χ3v) is 3.54. The highest BCUT2D eigenvalue weighted by molar-refractivity contribution is 5.98. The van der Waals surface area contributed by atoms with Gasteiger partial charge in [0.2, 0.25) is 0 Å². The fraction of sp³-hybridized carbons (Fsp3) is 0.263. The van der Waals surface area contributed by atoms with Crippen LogP contribution in [0.25, 0.3) is 0 Å². The lowest BCUT2D eigenvalue weighted by Crippen LogP contribution is -2.36. The molecule has 2 aromatic rings. The Kier molecular flexibility index (Phi) is 6.51. The lowest BCUT2D eigenvalue weighted by atomic mass is 10.1. The predicted molar refractivity (Wildman–Crippen MR) is 90.8 cm³/mol. The monoisotopic (exact) mass is 345 g/mol. The second-order valence-corrected chi connectivity index (χ2v) is 5.27. The first-order valence-electron chi connectivity index (χ1n) is 7.88. The average molecular weight is 345 g/mol. The predicted octanol–water partition coefficient (Wildman–Crippen LogP) is 3.04. The fourth-order valence-corrected chi connectivity index (χ4v) is 2.41. The second-order valence-electron chi connectivity index (χ2n) is 5.27. The van der Waals surface area contributed by atoms with Crippen LogP contribution in [0.2, 0.25) is 0 Å². The van der Waals surface area contributed by atoms with Crippen LogP contribution in [0, 0.1) is 5.82 Å². The van der Waals surface area contributed by atoms with E-state index in [1.54, 1.807) is 6.92 Å². The van der Waals surface area contributed by atoms with E-state index >= 15 is 0 Å². The summed E-state index contributed by atoms with van der Waals surface area (Å²) in [5.41, 5.74) is 0.612. The fourth-order valence-electron chi connectivity index (χ4n) is 2.41. The molecule has 0 aliphatic heterocycles. The van der Waals surface area contributed by atoms with Crippen molar-refractivity contribution in [2.24, 2.45) is 0 Å². The summed E-state index contributed by atoms with van der Waals surface area (Å²) in [6.07, 6.45) is 0. The molecule has 0 saturated carbocycles. The van der Waals surface area contributed by atoms with Crippen LogP contribution >= 0.6 is 0 Å². The first-order chi connectivity index (χ1) is 12.1. The van der Waals surface area contributed by atoms with Crippen molar-refractivity contribution in [2.75, 3.05) is 20.3 Å². The molecule has 0 heterocycles. The van der Waals surface area contributed by atoms with Crippen LogP contribution in [-0.2, 0) is 16.1 Å². The Labute approximate surface area is 146 Å². The third-order valence-electron chi connectivity index (χ3n) is 3.54. The Balaban J connectivity index is 2.33. The summed E-state index contributed by atoms with van der Waals surface area (Å²) in [7, 11) is 1.36. The minimum atomic E-state index is -0.703. The Morgan fingerprint density at radius 1 is 1.08 bits per heavy atom. The highest BCUT2D eigenvalue weighted by atomic mass is 19.1. The molecule has 0 aromatic heterocycles. The molecule has 0 aliphatic carbocycles. The maximum atomic E-state index is 14.2. The van der Waals surface area contributed by atoms with Crippen LogP contribution in [0.4, 0.5) is 4.39 Å². The molecule has 0 spiro atoms. The van der Waals surface area contributed by atoms with E-state index in [1.165, 1.54) is 30.2 Å². The lowest BCUT2D eigenvalue weighted by molar-refractivity contribution is -0.143. The molecule has 132 valence electrons. The molecule has 2 aromatic carbocycles. The minimum absolute atomic E-state index is 0.118. The highest BCUT2D eigenvalue weighted by Gasteiger charge is 2.25. The summed E-state index contributed by atoms with van der Waals surface area (Å²) < 4.78 is 24.3. The van der Waals surface area contributed by atoms with Crippen LogP contribution in [0.1, 0.15) is 22.8 Å². The van der Waals surface area contributed by atoms with Gasteiger partial charge in [0.05, 0.1) is 13.7 Å². The van der Waals surface area contributed by atoms with E-state index in [-0.39, 0.29) is 31.0 Å². The van der Waals surface area contributed by atoms with Gasteiger partial charge >= 0.3 is 5.97 Å². The first kappa shape index (κ1) is 18.4. The minimum Gasteiger partial charge on any atom is -0.496 e. The van der Waals surface area contributed by atoms with Crippen LogP contribution in [0.15, 0.2) is 48.5 Å². The maximum Gasteiger partial charge on any atom is 0.325 e. The van der Waals surface area contributed by atoms with Gasteiger partial charge in [-0.3, -0.25) is 9.59 Å². The van der Waals surface area contributed by atoms with E-state index < -0.39 is 17.7 Å². The van der Waals surface area contributed by atoms with Crippen molar-refractivity contribution in [1.29, 1.82) is 0 Å². The SMILES string of the molecule is CCOC(=O)CN(Cc1ccccc1)C(=O)c1c(F)cccc1OC. The molecule has 0 saturated heterocycles. The molecule has 0 bridgehead atoms. The summed E-state index contributed by atoms with van der Waals surface area (Å²) in [4.78, 5) is 26.0. The van der Waals surface area contributed by atoms with Crippen molar-refractivity contribution in [2.45, 2.75) is 13.5 Å². The number of ether oxygens (including phenoxy) is 2. The van der Waals surface area contributed by atoms with Gasteiger partial charge in [0.15, 0.2) is 0 Å². The van der Waals surface area contributed by atoms with E-state index in [0.717, 1.165) is 5.56 Å². The number of carbonyl (C=O) groups is 2. The molecule has 6 heteroatoms. The van der Waals surface area contributed by atoms with Gasteiger partial charge in [0, 0.05) is 6.54 Å². The van der Waals surface area contributed by atoms with Gasteiger partial charge in [-0.05, 0) is 24.6 Å². The second kappa shape index (κ2) is 8.82. The van der Waals surface area contributed by atoms with Crippen molar-refractivity contribution in [3.05, 3.63) is 65.5 Å². The molecular weight excluding hydrogens is 325 g/mol. The number of methoxy groups -OCH3 is 1. The van der Waals surface area contributed by atoms with Crippen molar-refractivity contribution in [1.82, 2.24) is 4.90 Å². The Morgan fingerprint density at radius 3 is 2.44 bits per heavy atom. The summed E-state index contributed by atoms with van der Waals surface area (Å²) in [5.74, 6) is -1.77. The van der Waals surface area contributed by atoms with Gasteiger partial charge in [-0.1, -0.05) is 36.4 Å². The van der Waals surface area contributed by atoms with Crippen LogP contribution in [-0.4, -0.2) is 37.0 Å². The zero-order valence-electron chi connectivity index (χ0n) is 14.2. The van der Waals surface area contributed by atoms with E-state index in [0.29, 0.717) is 0 Å². The highest BCUT2D eigenvalue weighted by Crippen LogP contribution is 2.23. The van der Waals surface area contributed by atoms with E-state index in [4.69, 9.17) is 9.47 Å². The Bertz CT molecular complexity index is 733. The number of hydrogen-bond donors (Lipinski definition) is 0. The van der Waals surface area contributed by atoms with E-state index in [9.17, 15) is 14.0 Å². The van der Waals surface area contributed by atoms with Crippen molar-refractivity contribution >= 4 is 11.9 Å². The molecule has 0 aliphatic rings. The zero-order valence-corrected chi connectivity index (χ0v) is 14.2. The number of nitrogens with zero attached hydrogens (tertiary/aromatic N) is 1. The van der Waals surface area contributed by atoms with Crippen LogP contribution in [0.3, 0.4) is 0 Å². The molecule has 1 amide bonds. The summed E-state index contributed by atoms with van der Waals surface area (Å²) in [6, 6.07) is 13.3. The number of amides is 1. The van der Waals surface area contributed by atoms with Crippen LogP contribution in [0.5, 0.6) is 5.75 Å². The number of benzene rings is 2. The average Bonchev–Trinajstić information content (AvgIpc) is 2.61. The first-order valence-corrected chi connectivity index (χ1v) is 7.88. The van der Waals surface area contributed by atoms with Gasteiger partial charge in [-0.2, -0.15) is 0 Å². The molecule has 0 radical (unpaired) electrons. The van der Waals surface area contributed by atoms with Gasteiger partial charge in [0.1, 0.15) is 23.7 Å². The molecule has 2 rings (SSSR count). The Hall–Kier alpha value is -2.89. The van der Waals surface area contributed by atoms with Crippen molar-refractivity contribution in [3.8, 4) is 5.75 Å². The van der Waals surface area contributed by atoms with Crippen molar-refractivity contribution in [3.63, 3.8) is 0 Å². The number of esters is 1. The normalized spacial score (nSPS) is 10.2. The zero-order chi connectivity index (χ0) is 18.2. The van der Waals surface area contributed by atoms with Crippen molar-refractivity contribution < 1.29 is 23.5 Å². The molecule has 0 atom stereocenters. The quantitative estimate of drug-likeness (QED) is 0.724. The maximum absolute atomic E-state index is 14.2. The summed E-state index contributed by atoms with van der Waals surface area (Å²) in [5, 5.41) is 0. The van der Waals surface area contributed by atoms with Gasteiger partial charge in [-0.25, -0.2) is 4.39 Å². The molecule has 0 fully saturated rings. The number of carbonyl (C=O) groups excluding carboxylic acids is 2. The largest absolute Gasteiger partial charge is 0.496 e. The topological polar surface area (TPSA) is 55.8 Å². The molecular formula is C19H20FNO4. The van der Waals surface area contributed by atoms with Gasteiger partial charge < -0.3 is 14.4 Å². The molecule has 25 heavy (non-hydrogen) atoms. The Morgan fingerprint density at radius 2 is 1.80 bits per heavy atom. The van der Waals surface area contributed by atoms with Gasteiger partial charge in [-0.15, -0.1) is 0 Å². The summed E-state index contributed by atoms with van der Waals surface area (Å²) in [6.45, 7) is 1.76.